The first-order chi connectivity index (χ1) is 14.4. The van der Waals surface area contributed by atoms with Gasteiger partial charge < -0.3 is 4.90 Å². The maximum Gasteiger partial charge on any atom is 0.225 e. The van der Waals surface area contributed by atoms with Crippen molar-refractivity contribution < 1.29 is 8.42 Å². The van der Waals surface area contributed by atoms with E-state index in [1.165, 1.54) is 11.8 Å². The van der Waals surface area contributed by atoms with Crippen molar-refractivity contribution >= 4 is 15.8 Å². The fourth-order valence-corrected chi connectivity index (χ4v) is 5.40. The van der Waals surface area contributed by atoms with Crippen LogP contribution >= 0.6 is 0 Å². The summed E-state index contributed by atoms with van der Waals surface area (Å²) < 4.78 is 23.3. The van der Waals surface area contributed by atoms with Gasteiger partial charge >= 0.3 is 0 Å². The minimum absolute atomic E-state index is 0.152. The lowest BCUT2D eigenvalue weighted by Crippen LogP contribution is -2.39. The Labute approximate surface area is 177 Å². The van der Waals surface area contributed by atoms with E-state index in [1.54, 1.807) is 12.1 Å². The maximum atomic E-state index is 11.6. The van der Waals surface area contributed by atoms with E-state index in [0.29, 0.717) is 22.6 Å². The number of sulfone groups is 1. The molecule has 1 aliphatic carbocycles. The topological polar surface area (TPSA) is 90.5 Å². The molecule has 3 aliphatic rings. The van der Waals surface area contributed by atoms with Gasteiger partial charge in [0.1, 0.15) is 0 Å². The number of piperidine rings is 1. The molecular formula is C21H28N6O2S. The third-order valence-corrected chi connectivity index (χ3v) is 7.82. The molecule has 30 heavy (non-hydrogen) atoms. The molecule has 2 aliphatic heterocycles. The van der Waals surface area contributed by atoms with Gasteiger partial charge in [0, 0.05) is 44.8 Å². The zero-order valence-electron chi connectivity index (χ0n) is 17.3. The number of hydrogen-bond acceptors (Lipinski definition) is 8. The molecule has 1 saturated carbocycles. The van der Waals surface area contributed by atoms with Crippen LogP contribution in [0, 0.1) is 17.8 Å². The Morgan fingerprint density at radius 1 is 1.07 bits per heavy atom. The van der Waals surface area contributed by atoms with E-state index in [2.05, 4.69) is 37.8 Å². The van der Waals surface area contributed by atoms with Crippen LogP contribution < -0.4 is 15.9 Å². The predicted octanol–water partition coefficient (Wildman–Crippen LogP) is 1.19. The van der Waals surface area contributed by atoms with Crippen molar-refractivity contribution in [2.45, 2.75) is 24.3 Å². The van der Waals surface area contributed by atoms with Crippen LogP contribution in [0.3, 0.4) is 0 Å². The fraction of sp³-hybridized carbons (Fsp3) is 0.524. The Morgan fingerprint density at radius 2 is 1.73 bits per heavy atom. The zero-order chi connectivity index (χ0) is 20.9. The fourth-order valence-electron chi connectivity index (χ4n) is 4.77. The molecule has 3 heterocycles. The second kappa shape index (κ2) is 7.56. The highest BCUT2D eigenvalue weighted by Crippen LogP contribution is 2.52. The van der Waals surface area contributed by atoms with Crippen LogP contribution in [0.4, 0.5) is 5.95 Å². The molecule has 0 spiro atoms. The highest BCUT2D eigenvalue weighted by atomic mass is 32.2. The van der Waals surface area contributed by atoms with Crippen molar-refractivity contribution in [1.29, 1.82) is 0 Å². The summed E-state index contributed by atoms with van der Waals surface area (Å²) >= 11 is 0. The van der Waals surface area contributed by atoms with Gasteiger partial charge in [-0.1, -0.05) is 19.1 Å². The number of aryl methyl sites for hydroxylation is 1. The predicted molar refractivity (Wildman–Crippen MR) is 114 cm³/mol. The molecular weight excluding hydrogens is 400 g/mol. The van der Waals surface area contributed by atoms with Gasteiger partial charge in [0.05, 0.1) is 10.9 Å². The van der Waals surface area contributed by atoms with Gasteiger partial charge in [-0.25, -0.2) is 28.8 Å². The molecule has 2 saturated heterocycles. The van der Waals surface area contributed by atoms with Crippen LogP contribution in [0.2, 0.25) is 0 Å². The second-order valence-corrected chi connectivity index (χ2v) is 10.7. The first-order valence-electron chi connectivity index (χ1n) is 10.5. The summed E-state index contributed by atoms with van der Waals surface area (Å²) in [5.41, 5.74) is 8.88. The van der Waals surface area contributed by atoms with Gasteiger partial charge in [-0.3, -0.25) is 0 Å². The Bertz CT molecular complexity index is 999. The lowest BCUT2D eigenvalue weighted by molar-refractivity contribution is 0.214. The molecule has 8 nitrogen and oxygen atoms in total. The summed E-state index contributed by atoms with van der Waals surface area (Å²) in [6.07, 6.45) is 6.07. The second-order valence-electron chi connectivity index (χ2n) is 8.70. The van der Waals surface area contributed by atoms with Crippen molar-refractivity contribution in [3.63, 3.8) is 0 Å². The molecule has 1 aromatic heterocycles. The maximum absolute atomic E-state index is 11.6. The molecule has 0 radical (unpaired) electrons. The van der Waals surface area contributed by atoms with Crippen molar-refractivity contribution in [3.05, 3.63) is 47.8 Å². The van der Waals surface area contributed by atoms with Gasteiger partial charge in [-0.05, 0) is 47.4 Å². The number of aromatic nitrogens is 2. The van der Waals surface area contributed by atoms with Crippen LogP contribution in [-0.2, 0) is 16.3 Å². The quantitative estimate of drug-likeness (QED) is 0.709. The largest absolute Gasteiger partial charge is 0.340 e. The average molecular weight is 429 g/mol. The smallest absolute Gasteiger partial charge is 0.225 e. The highest BCUT2D eigenvalue weighted by Gasteiger charge is 2.56. The first kappa shape index (κ1) is 19.9. The van der Waals surface area contributed by atoms with E-state index in [9.17, 15) is 8.42 Å². The number of hydrazine groups is 2. The molecule has 2 N–H and O–H groups in total. The Hall–Kier alpha value is -2.07. The zero-order valence-corrected chi connectivity index (χ0v) is 18.1. The Morgan fingerprint density at radius 3 is 2.33 bits per heavy atom. The van der Waals surface area contributed by atoms with E-state index in [-0.39, 0.29) is 6.04 Å². The number of benzene rings is 1. The van der Waals surface area contributed by atoms with E-state index in [1.807, 2.05) is 24.5 Å². The summed E-state index contributed by atoms with van der Waals surface area (Å²) in [5, 5.41) is 2.25. The molecule has 0 bridgehead atoms. The average Bonchev–Trinajstić information content (AvgIpc) is 3.11. The third kappa shape index (κ3) is 3.82. The lowest BCUT2D eigenvalue weighted by atomic mass is 10.1. The van der Waals surface area contributed by atoms with Crippen LogP contribution in [0.5, 0.6) is 0 Å². The summed E-state index contributed by atoms with van der Waals surface area (Å²) in [6.45, 7) is 6.07. The molecule has 4 atom stereocenters. The SMILES string of the molecule is CCc1cnc(N2C[C@@H]3C(CN4CC(c5ccc(S(C)(=O)=O)cc5)NN4)[C@@H]3C2)nc1. The van der Waals surface area contributed by atoms with Gasteiger partial charge in [0.15, 0.2) is 9.84 Å². The molecule has 2 unspecified atom stereocenters. The highest BCUT2D eigenvalue weighted by molar-refractivity contribution is 7.90. The molecule has 5 rings (SSSR count). The minimum Gasteiger partial charge on any atom is -0.340 e. The van der Waals surface area contributed by atoms with Crippen LogP contribution in [-0.4, -0.2) is 55.8 Å². The van der Waals surface area contributed by atoms with Crippen LogP contribution in [0.25, 0.3) is 0 Å². The van der Waals surface area contributed by atoms with Crippen molar-refractivity contribution in [3.8, 4) is 0 Å². The molecule has 3 fully saturated rings. The van der Waals surface area contributed by atoms with Gasteiger partial charge in [0.2, 0.25) is 5.95 Å². The van der Waals surface area contributed by atoms with Crippen LogP contribution in [0.1, 0.15) is 24.1 Å². The Balaban J connectivity index is 1.12. The minimum atomic E-state index is -3.16. The van der Waals surface area contributed by atoms with Crippen molar-refractivity contribution in [1.82, 2.24) is 25.9 Å². The first-order valence-corrected chi connectivity index (χ1v) is 12.4. The van der Waals surface area contributed by atoms with Gasteiger partial charge in [-0.2, -0.15) is 5.53 Å². The number of hydrogen-bond donors (Lipinski definition) is 2. The summed E-state index contributed by atoms with van der Waals surface area (Å²) in [4.78, 5) is 11.7. The number of nitrogens with one attached hydrogen (secondary N) is 2. The standard InChI is InChI=1S/C21H28N6O2S/c1-3-14-8-22-21(23-9-14)26-10-17-18(11-26)19(17)12-27-13-20(24-25-27)15-4-6-16(7-5-15)30(2,28)29/h4-9,17-20,24-25H,3,10-13H2,1-2H3/t17-,18+,19?,20?. The van der Waals surface area contributed by atoms with Gasteiger partial charge in [0.25, 0.3) is 0 Å². The summed E-state index contributed by atoms with van der Waals surface area (Å²) in [6, 6.07) is 7.31. The van der Waals surface area contributed by atoms with E-state index in [4.69, 9.17) is 0 Å². The number of nitrogens with zero attached hydrogens (tertiary/aromatic N) is 4. The molecule has 2 aromatic rings. The number of fused-ring (bicyclic) bond motifs is 1. The summed E-state index contributed by atoms with van der Waals surface area (Å²) in [7, 11) is -3.16. The van der Waals surface area contributed by atoms with Crippen molar-refractivity contribution in [2.24, 2.45) is 17.8 Å². The van der Waals surface area contributed by atoms with Crippen LogP contribution in [0.15, 0.2) is 41.6 Å². The monoisotopic (exact) mass is 428 g/mol. The van der Waals surface area contributed by atoms with E-state index in [0.717, 1.165) is 44.1 Å². The number of anilines is 1. The third-order valence-electron chi connectivity index (χ3n) is 6.70. The lowest BCUT2D eigenvalue weighted by Gasteiger charge is -2.21. The summed E-state index contributed by atoms with van der Waals surface area (Å²) in [5.74, 6) is 3.00. The molecule has 160 valence electrons. The molecule has 9 heteroatoms. The number of rotatable bonds is 6. The normalized spacial score (nSPS) is 28.7. The van der Waals surface area contributed by atoms with Crippen molar-refractivity contribution in [2.75, 3.05) is 37.3 Å². The van der Waals surface area contributed by atoms with E-state index < -0.39 is 9.84 Å². The molecule has 1 aromatic carbocycles. The van der Waals surface area contributed by atoms with Gasteiger partial charge in [-0.15, -0.1) is 0 Å². The Kier molecular flexibility index (Phi) is 5.01. The van der Waals surface area contributed by atoms with E-state index >= 15 is 0 Å². The molecule has 0 amide bonds.